The molecule has 2 N–H and O–H groups in total. The van der Waals surface area contributed by atoms with Crippen LogP contribution in [0.15, 0.2) is 53.3 Å². The van der Waals surface area contributed by atoms with Gasteiger partial charge in [-0.1, -0.05) is 23.4 Å². The minimum Gasteiger partial charge on any atom is -0.381 e. The van der Waals surface area contributed by atoms with Crippen LogP contribution in [-0.2, 0) is 6.42 Å². The smallest absolute Gasteiger partial charge is 0.381 e. The molecule has 0 bridgehead atoms. The van der Waals surface area contributed by atoms with E-state index in [-0.39, 0.29) is 24.0 Å². The second-order valence-electron chi connectivity index (χ2n) is 7.84. The molecule has 0 aliphatic rings. The lowest BCUT2D eigenvalue weighted by molar-refractivity contribution is -0.255. The van der Waals surface area contributed by atoms with Crippen molar-refractivity contribution in [1.29, 1.82) is 0 Å². The summed E-state index contributed by atoms with van der Waals surface area (Å²) in [5.74, 6) is -0.245. The fraction of sp³-hybridized carbons (Fsp3) is 0.273. The second-order valence-corrected chi connectivity index (χ2v) is 7.84. The van der Waals surface area contributed by atoms with Gasteiger partial charge in [-0.3, -0.25) is 9.20 Å². The van der Waals surface area contributed by atoms with Gasteiger partial charge in [-0.15, -0.1) is 0 Å². The summed E-state index contributed by atoms with van der Waals surface area (Å²) in [5.41, 5.74) is -0.0704. The summed E-state index contributed by atoms with van der Waals surface area (Å²) in [5, 5.41) is 16.2. The van der Waals surface area contributed by atoms with E-state index in [2.05, 4.69) is 20.4 Å². The number of carbonyl (C=O) groups is 1. The van der Waals surface area contributed by atoms with Gasteiger partial charge in [0.2, 0.25) is 11.7 Å². The summed E-state index contributed by atoms with van der Waals surface area (Å²) in [6.45, 7) is 2.51. The zero-order valence-electron chi connectivity index (χ0n) is 17.7. The molecule has 4 rings (SSSR count). The number of alkyl halides is 3. The molecule has 1 unspecified atom stereocenters. The van der Waals surface area contributed by atoms with E-state index < -0.39 is 18.2 Å². The number of aliphatic hydroxyl groups is 1. The molecule has 3 aromatic heterocycles. The summed E-state index contributed by atoms with van der Waals surface area (Å²) >= 11 is 0. The SMILES string of the molecule is Cc1ccc(-c2noc(CCC(C)(O)C(F)(F)F)n2)cc1NC(=O)c1cnc2ccccn12. The van der Waals surface area contributed by atoms with Crippen molar-refractivity contribution >= 4 is 17.2 Å². The van der Waals surface area contributed by atoms with Gasteiger partial charge in [0, 0.05) is 23.9 Å². The Morgan fingerprint density at radius 2 is 2.03 bits per heavy atom. The maximum atomic E-state index is 12.8. The highest BCUT2D eigenvalue weighted by Crippen LogP contribution is 2.33. The number of rotatable bonds is 6. The van der Waals surface area contributed by atoms with Gasteiger partial charge in [0.1, 0.15) is 11.3 Å². The monoisotopic (exact) mass is 459 g/mol. The van der Waals surface area contributed by atoms with Crippen LogP contribution in [0.1, 0.15) is 35.3 Å². The normalized spacial score (nSPS) is 13.8. The number of benzene rings is 1. The molecule has 1 aromatic carbocycles. The molecule has 0 aliphatic carbocycles. The Kier molecular flexibility index (Phi) is 5.66. The van der Waals surface area contributed by atoms with Crippen LogP contribution in [0.2, 0.25) is 0 Å². The van der Waals surface area contributed by atoms with E-state index in [0.29, 0.717) is 29.5 Å². The van der Waals surface area contributed by atoms with Gasteiger partial charge in [0.15, 0.2) is 5.60 Å². The van der Waals surface area contributed by atoms with Crippen molar-refractivity contribution in [3.63, 3.8) is 0 Å². The average molecular weight is 459 g/mol. The third-order valence-corrected chi connectivity index (χ3v) is 5.30. The van der Waals surface area contributed by atoms with E-state index in [0.717, 1.165) is 5.56 Å². The Balaban J connectivity index is 1.51. The molecule has 0 aliphatic heterocycles. The Hall–Kier alpha value is -3.73. The summed E-state index contributed by atoms with van der Waals surface area (Å²) in [4.78, 5) is 21.1. The lowest BCUT2D eigenvalue weighted by atomic mass is 10.00. The predicted molar refractivity (Wildman–Crippen MR) is 113 cm³/mol. The highest BCUT2D eigenvalue weighted by atomic mass is 19.4. The number of halogens is 3. The van der Waals surface area contributed by atoms with Crippen LogP contribution < -0.4 is 5.32 Å². The summed E-state index contributed by atoms with van der Waals surface area (Å²) in [6, 6.07) is 10.5. The number of hydrogen-bond acceptors (Lipinski definition) is 6. The van der Waals surface area contributed by atoms with Crippen LogP contribution in [0.4, 0.5) is 18.9 Å². The van der Waals surface area contributed by atoms with Crippen molar-refractivity contribution in [3.8, 4) is 11.4 Å². The van der Waals surface area contributed by atoms with Crippen LogP contribution in [0.3, 0.4) is 0 Å². The molecule has 0 fully saturated rings. The topological polar surface area (TPSA) is 106 Å². The molecular formula is C22H20F3N5O3. The molecule has 4 aromatic rings. The Morgan fingerprint density at radius 1 is 1.24 bits per heavy atom. The van der Waals surface area contributed by atoms with Crippen molar-refractivity contribution in [2.75, 3.05) is 5.32 Å². The lowest BCUT2D eigenvalue weighted by Gasteiger charge is -2.25. The van der Waals surface area contributed by atoms with Crippen molar-refractivity contribution in [1.82, 2.24) is 19.5 Å². The van der Waals surface area contributed by atoms with Crippen LogP contribution in [0.5, 0.6) is 0 Å². The molecule has 3 heterocycles. The fourth-order valence-electron chi connectivity index (χ4n) is 3.15. The maximum Gasteiger partial charge on any atom is 0.416 e. The minimum absolute atomic E-state index is 0.0357. The number of fused-ring (bicyclic) bond motifs is 1. The molecular weight excluding hydrogens is 439 g/mol. The van der Waals surface area contributed by atoms with E-state index >= 15 is 0 Å². The molecule has 8 nitrogen and oxygen atoms in total. The van der Waals surface area contributed by atoms with E-state index in [1.807, 2.05) is 13.0 Å². The third kappa shape index (κ3) is 4.58. The van der Waals surface area contributed by atoms with E-state index in [1.54, 1.807) is 40.9 Å². The van der Waals surface area contributed by atoms with Crippen molar-refractivity contribution in [3.05, 3.63) is 65.9 Å². The predicted octanol–water partition coefficient (Wildman–Crippen LogP) is 4.19. The van der Waals surface area contributed by atoms with Gasteiger partial charge in [-0.25, -0.2) is 4.98 Å². The molecule has 0 radical (unpaired) electrons. The van der Waals surface area contributed by atoms with Gasteiger partial charge in [-0.05, 0) is 44.0 Å². The number of aromatic nitrogens is 4. The van der Waals surface area contributed by atoms with Gasteiger partial charge >= 0.3 is 6.18 Å². The number of pyridine rings is 1. The van der Waals surface area contributed by atoms with Crippen LogP contribution in [0, 0.1) is 6.92 Å². The molecule has 172 valence electrons. The quantitative estimate of drug-likeness (QED) is 0.448. The summed E-state index contributed by atoms with van der Waals surface area (Å²) in [7, 11) is 0. The number of aryl methyl sites for hydroxylation is 2. The zero-order chi connectivity index (χ0) is 23.8. The van der Waals surface area contributed by atoms with E-state index in [9.17, 15) is 23.1 Å². The largest absolute Gasteiger partial charge is 0.416 e. The first-order chi connectivity index (χ1) is 15.5. The Labute approximate surface area is 186 Å². The van der Waals surface area contributed by atoms with Gasteiger partial charge in [-0.2, -0.15) is 18.2 Å². The molecule has 0 saturated heterocycles. The van der Waals surface area contributed by atoms with E-state index in [4.69, 9.17) is 4.52 Å². The first-order valence-electron chi connectivity index (χ1n) is 10.0. The number of anilines is 1. The summed E-state index contributed by atoms with van der Waals surface area (Å²) in [6.07, 6.45) is -2.42. The molecule has 0 spiro atoms. The van der Waals surface area contributed by atoms with Crippen LogP contribution >= 0.6 is 0 Å². The van der Waals surface area contributed by atoms with E-state index in [1.165, 1.54) is 6.20 Å². The molecule has 1 atom stereocenters. The number of carbonyl (C=O) groups excluding carboxylic acids is 1. The number of imidazole rings is 1. The standard InChI is InChI=1S/C22H20F3N5O3/c1-13-6-7-14(19-28-18(33-29-19)8-9-21(2,32)22(23,24)25)11-15(13)27-20(31)16-12-26-17-5-3-4-10-30(16)17/h3-7,10-12,32H,8-9H2,1-2H3,(H,27,31). The van der Waals surface area contributed by atoms with Crippen molar-refractivity contribution < 1.29 is 27.6 Å². The third-order valence-electron chi connectivity index (χ3n) is 5.30. The van der Waals surface area contributed by atoms with Crippen molar-refractivity contribution in [2.24, 2.45) is 0 Å². The molecule has 1 amide bonds. The number of amides is 1. The molecule has 11 heteroatoms. The highest BCUT2D eigenvalue weighted by Gasteiger charge is 2.49. The van der Waals surface area contributed by atoms with Crippen LogP contribution in [0.25, 0.3) is 17.0 Å². The number of nitrogens with zero attached hydrogens (tertiary/aromatic N) is 4. The molecule has 33 heavy (non-hydrogen) atoms. The summed E-state index contributed by atoms with van der Waals surface area (Å²) < 4.78 is 45.2. The number of hydrogen-bond donors (Lipinski definition) is 2. The van der Waals surface area contributed by atoms with Crippen molar-refractivity contribution in [2.45, 2.75) is 38.5 Å². The maximum absolute atomic E-state index is 12.8. The second kappa shape index (κ2) is 8.32. The number of nitrogens with one attached hydrogen (secondary N) is 1. The first-order valence-corrected chi connectivity index (χ1v) is 10.0. The first kappa shape index (κ1) is 22.5. The van der Waals surface area contributed by atoms with Crippen LogP contribution in [-0.4, -0.2) is 42.3 Å². The highest BCUT2D eigenvalue weighted by molar-refractivity contribution is 6.04. The van der Waals surface area contributed by atoms with Gasteiger partial charge < -0.3 is 14.9 Å². The average Bonchev–Trinajstić information content (AvgIpc) is 3.40. The Bertz CT molecular complexity index is 1310. The van der Waals surface area contributed by atoms with Gasteiger partial charge in [0.05, 0.1) is 6.20 Å². The minimum atomic E-state index is -4.76. The lowest BCUT2D eigenvalue weighted by Crippen LogP contribution is -2.42. The Morgan fingerprint density at radius 3 is 2.79 bits per heavy atom. The zero-order valence-corrected chi connectivity index (χ0v) is 17.7. The molecule has 0 saturated carbocycles. The van der Waals surface area contributed by atoms with Gasteiger partial charge in [0.25, 0.3) is 5.91 Å². The fourth-order valence-corrected chi connectivity index (χ4v) is 3.15.